The Bertz CT molecular complexity index is 978. The maximum atomic E-state index is 12.9. The lowest BCUT2D eigenvalue weighted by Gasteiger charge is -2.30. The minimum absolute atomic E-state index is 0.0727. The summed E-state index contributed by atoms with van der Waals surface area (Å²) in [4.78, 5) is 37.4. The summed E-state index contributed by atoms with van der Waals surface area (Å²) >= 11 is 0. The molecule has 2 heterocycles. The van der Waals surface area contributed by atoms with Gasteiger partial charge in [0.2, 0.25) is 5.76 Å². The molecule has 0 saturated carbocycles. The van der Waals surface area contributed by atoms with E-state index >= 15 is 0 Å². The number of hydrogen-bond acceptors (Lipinski definition) is 6. The zero-order valence-corrected chi connectivity index (χ0v) is 17.8. The topological polar surface area (TPSA) is 107 Å². The first-order chi connectivity index (χ1) is 14.9. The van der Waals surface area contributed by atoms with Crippen molar-refractivity contribution in [2.45, 2.75) is 52.2 Å². The lowest BCUT2D eigenvalue weighted by molar-refractivity contribution is -0.143. The first-order valence-corrected chi connectivity index (χ1v) is 10.3. The Morgan fingerprint density at radius 3 is 2.65 bits per heavy atom. The highest BCUT2D eigenvalue weighted by Gasteiger charge is 2.34. The molecule has 0 bridgehead atoms. The van der Waals surface area contributed by atoms with Gasteiger partial charge in [0.05, 0.1) is 24.0 Å². The number of esters is 2. The number of carbonyl (C=O) groups is 3. The number of benzene rings is 1. The van der Waals surface area contributed by atoms with Crippen LogP contribution < -0.4 is 15.4 Å². The Morgan fingerprint density at radius 2 is 1.97 bits per heavy atom. The molecule has 2 aromatic rings. The first-order valence-electron chi connectivity index (χ1n) is 10.3. The summed E-state index contributed by atoms with van der Waals surface area (Å²) in [5, 5.41) is 5.54. The lowest BCUT2D eigenvalue weighted by atomic mass is 9.93. The van der Waals surface area contributed by atoms with Crippen molar-refractivity contribution in [2.24, 2.45) is 0 Å². The molecule has 2 N–H and O–H groups in total. The molecular formula is C23H26N2O6. The fourth-order valence-corrected chi connectivity index (χ4v) is 3.25. The largest absolute Gasteiger partial charge is 0.459 e. The van der Waals surface area contributed by atoms with Gasteiger partial charge in [0.1, 0.15) is 5.75 Å². The Labute approximate surface area is 180 Å². The van der Waals surface area contributed by atoms with E-state index in [1.165, 1.54) is 12.3 Å². The van der Waals surface area contributed by atoms with E-state index in [4.69, 9.17) is 13.9 Å². The van der Waals surface area contributed by atoms with E-state index in [0.29, 0.717) is 23.3 Å². The minimum Gasteiger partial charge on any atom is -0.459 e. The third kappa shape index (κ3) is 5.53. The fourth-order valence-electron chi connectivity index (χ4n) is 3.25. The number of rotatable bonds is 8. The molecule has 1 atom stereocenters. The van der Waals surface area contributed by atoms with Crippen LogP contribution in [0.2, 0.25) is 0 Å². The van der Waals surface area contributed by atoms with Crippen molar-refractivity contribution in [1.29, 1.82) is 0 Å². The second-order valence-electron chi connectivity index (χ2n) is 7.42. The Hall–Kier alpha value is -3.55. The van der Waals surface area contributed by atoms with Crippen LogP contribution in [0.4, 0.5) is 4.79 Å². The van der Waals surface area contributed by atoms with Crippen molar-refractivity contribution in [3.8, 4) is 5.75 Å². The molecule has 1 unspecified atom stereocenters. The van der Waals surface area contributed by atoms with Crippen molar-refractivity contribution in [1.82, 2.24) is 10.6 Å². The second kappa shape index (κ2) is 9.97. The summed E-state index contributed by atoms with van der Waals surface area (Å²) in [6.07, 6.45) is 3.32. The van der Waals surface area contributed by atoms with Crippen molar-refractivity contribution in [3.63, 3.8) is 0 Å². The summed E-state index contributed by atoms with van der Waals surface area (Å²) in [5.41, 5.74) is 1.47. The molecule has 0 radical (unpaired) electrons. The molecule has 1 aliphatic rings. The monoisotopic (exact) mass is 426 g/mol. The summed E-state index contributed by atoms with van der Waals surface area (Å²) in [6.45, 7) is 5.56. The molecule has 0 fully saturated rings. The molecule has 3 rings (SSSR count). The van der Waals surface area contributed by atoms with Crippen LogP contribution in [-0.2, 0) is 9.53 Å². The quantitative estimate of drug-likeness (QED) is 0.483. The molecule has 8 heteroatoms. The molecule has 164 valence electrons. The predicted molar refractivity (Wildman–Crippen MR) is 112 cm³/mol. The number of amides is 2. The average molecular weight is 426 g/mol. The van der Waals surface area contributed by atoms with Gasteiger partial charge in [0.25, 0.3) is 0 Å². The van der Waals surface area contributed by atoms with Crippen LogP contribution in [0, 0.1) is 0 Å². The van der Waals surface area contributed by atoms with Gasteiger partial charge in [-0.25, -0.2) is 14.4 Å². The van der Waals surface area contributed by atoms with E-state index in [2.05, 4.69) is 10.6 Å². The van der Waals surface area contributed by atoms with E-state index in [1.54, 1.807) is 44.2 Å². The maximum absolute atomic E-state index is 12.9. The molecule has 1 aromatic heterocycles. The molecule has 31 heavy (non-hydrogen) atoms. The normalized spacial score (nSPS) is 16.0. The van der Waals surface area contributed by atoms with Crippen molar-refractivity contribution in [3.05, 3.63) is 65.3 Å². The number of furan rings is 1. The van der Waals surface area contributed by atoms with Crippen LogP contribution in [0.15, 0.2) is 58.3 Å². The van der Waals surface area contributed by atoms with Gasteiger partial charge in [-0.15, -0.1) is 0 Å². The van der Waals surface area contributed by atoms with Crippen LogP contribution in [0.1, 0.15) is 62.2 Å². The Morgan fingerprint density at radius 1 is 1.16 bits per heavy atom. The minimum atomic E-state index is -0.742. The third-order valence-electron chi connectivity index (χ3n) is 4.62. The van der Waals surface area contributed by atoms with Crippen molar-refractivity contribution >= 4 is 18.0 Å². The number of ether oxygens (including phenoxy) is 2. The number of nitrogens with one attached hydrogen (secondary N) is 2. The standard InChI is InChI=1S/C23H26N2O6/c1-4-5-10-17-19(22(27)30-14(2)3)20(25-23(28)24-17)15-8-6-9-16(13-15)31-21(26)18-11-7-12-29-18/h6-9,11-14,20H,4-5,10H2,1-3H3,(H2,24,25,28). The number of unbranched alkanes of at least 4 members (excludes halogenated alkanes) is 1. The molecule has 0 saturated heterocycles. The van der Waals surface area contributed by atoms with E-state index in [1.807, 2.05) is 6.92 Å². The van der Waals surface area contributed by atoms with Gasteiger partial charge in [-0.3, -0.25) is 0 Å². The van der Waals surface area contributed by atoms with Gasteiger partial charge >= 0.3 is 18.0 Å². The van der Waals surface area contributed by atoms with Crippen LogP contribution >= 0.6 is 0 Å². The maximum Gasteiger partial charge on any atom is 0.379 e. The highest BCUT2D eigenvalue weighted by Crippen LogP contribution is 2.31. The van der Waals surface area contributed by atoms with E-state index in [9.17, 15) is 14.4 Å². The fraction of sp³-hybridized carbons (Fsp3) is 0.348. The number of urea groups is 1. The van der Waals surface area contributed by atoms with Crippen molar-refractivity contribution < 1.29 is 28.3 Å². The molecule has 0 aliphatic carbocycles. The molecule has 1 aliphatic heterocycles. The zero-order valence-electron chi connectivity index (χ0n) is 17.8. The summed E-state index contributed by atoms with van der Waals surface area (Å²) in [7, 11) is 0. The third-order valence-corrected chi connectivity index (χ3v) is 4.62. The van der Waals surface area contributed by atoms with Crippen LogP contribution in [0.25, 0.3) is 0 Å². The van der Waals surface area contributed by atoms with E-state index in [0.717, 1.165) is 12.8 Å². The van der Waals surface area contributed by atoms with Crippen molar-refractivity contribution in [2.75, 3.05) is 0 Å². The number of allylic oxidation sites excluding steroid dienone is 1. The average Bonchev–Trinajstić information content (AvgIpc) is 3.26. The highest BCUT2D eigenvalue weighted by atomic mass is 16.5. The lowest BCUT2D eigenvalue weighted by Crippen LogP contribution is -2.46. The van der Waals surface area contributed by atoms with Gasteiger partial charge in [-0.2, -0.15) is 0 Å². The SMILES string of the molecule is CCCCC1=C(C(=O)OC(C)C)C(c2cccc(OC(=O)c3ccco3)c2)NC(=O)N1. The van der Waals surface area contributed by atoms with Gasteiger partial charge in [0, 0.05) is 5.70 Å². The summed E-state index contributed by atoms with van der Waals surface area (Å²) < 4.78 is 15.9. The summed E-state index contributed by atoms with van der Waals surface area (Å²) in [6, 6.07) is 8.60. The Kier molecular flexibility index (Phi) is 7.12. The van der Waals surface area contributed by atoms with E-state index < -0.39 is 24.0 Å². The Balaban J connectivity index is 1.94. The second-order valence-corrected chi connectivity index (χ2v) is 7.42. The molecule has 8 nitrogen and oxygen atoms in total. The van der Waals surface area contributed by atoms with Gasteiger partial charge in [-0.1, -0.05) is 25.5 Å². The van der Waals surface area contributed by atoms with Crippen LogP contribution in [0.5, 0.6) is 5.75 Å². The molecular weight excluding hydrogens is 400 g/mol. The first kappa shape index (κ1) is 22.1. The van der Waals surface area contributed by atoms with Crippen LogP contribution in [-0.4, -0.2) is 24.1 Å². The molecule has 2 amide bonds. The predicted octanol–water partition coefficient (Wildman–Crippen LogP) is 4.25. The number of carbonyl (C=O) groups excluding carboxylic acids is 3. The highest BCUT2D eigenvalue weighted by molar-refractivity contribution is 5.95. The van der Waals surface area contributed by atoms with Gasteiger partial charge < -0.3 is 24.5 Å². The van der Waals surface area contributed by atoms with Gasteiger partial charge in [-0.05, 0) is 56.5 Å². The molecule has 0 spiro atoms. The zero-order chi connectivity index (χ0) is 22.4. The molecule has 1 aromatic carbocycles. The summed E-state index contributed by atoms with van der Waals surface area (Å²) in [5.74, 6) is -0.811. The number of hydrogen-bond donors (Lipinski definition) is 2. The van der Waals surface area contributed by atoms with E-state index in [-0.39, 0.29) is 17.6 Å². The van der Waals surface area contributed by atoms with Crippen LogP contribution in [0.3, 0.4) is 0 Å². The van der Waals surface area contributed by atoms with Gasteiger partial charge in [0.15, 0.2) is 0 Å². The smallest absolute Gasteiger partial charge is 0.379 e.